The smallest absolute Gasteiger partial charge is 0.324 e. The topological polar surface area (TPSA) is 61.9 Å². The molecular weight excluding hydrogens is 385 g/mol. The van der Waals surface area contributed by atoms with Crippen molar-refractivity contribution in [3.8, 4) is 0 Å². The zero-order valence-corrected chi connectivity index (χ0v) is 16.9. The molecule has 6 nitrogen and oxygen atoms in total. The molecule has 30 heavy (non-hydrogen) atoms. The number of urea groups is 1. The van der Waals surface area contributed by atoms with Crippen LogP contribution in [0.25, 0.3) is 0 Å². The van der Waals surface area contributed by atoms with Crippen LogP contribution in [-0.2, 0) is 11.3 Å². The lowest BCUT2D eigenvalue weighted by molar-refractivity contribution is 0.0858. The van der Waals surface area contributed by atoms with Crippen LogP contribution in [0.1, 0.15) is 35.2 Å². The van der Waals surface area contributed by atoms with Gasteiger partial charge in [-0.15, -0.1) is 0 Å². The first-order chi connectivity index (χ1) is 14.6. The summed E-state index contributed by atoms with van der Waals surface area (Å²) in [6.07, 6.45) is 2.96. The third kappa shape index (κ3) is 4.79. The summed E-state index contributed by atoms with van der Waals surface area (Å²) >= 11 is 0. The lowest BCUT2D eigenvalue weighted by Gasteiger charge is -2.35. The molecule has 0 radical (unpaired) electrons. The summed E-state index contributed by atoms with van der Waals surface area (Å²) in [5, 5.41) is 2.91. The van der Waals surface area contributed by atoms with Gasteiger partial charge in [-0.05, 0) is 61.2 Å². The quantitative estimate of drug-likeness (QED) is 0.791. The molecule has 2 aliphatic heterocycles. The first-order valence-electron chi connectivity index (χ1n) is 10.4. The average molecular weight is 411 g/mol. The minimum Gasteiger partial charge on any atom is -0.376 e. The van der Waals surface area contributed by atoms with Crippen LogP contribution < -0.4 is 10.2 Å². The van der Waals surface area contributed by atoms with Crippen molar-refractivity contribution in [2.45, 2.75) is 31.9 Å². The van der Waals surface area contributed by atoms with Crippen LogP contribution in [0.3, 0.4) is 0 Å². The van der Waals surface area contributed by atoms with Crippen molar-refractivity contribution in [1.29, 1.82) is 0 Å². The monoisotopic (exact) mass is 411 g/mol. The number of anilines is 1. The Bertz CT molecular complexity index is 880. The molecule has 2 saturated heterocycles. The first kappa shape index (κ1) is 20.3. The fourth-order valence-corrected chi connectivity index (χ4v) is 3.88. The highest BCUT2D eigenvalue weighted by Crippen LogP contribution is 2.22. The highest BCUT2D eigenvalue weighted by atomic mass is 19.1. The highest BCUT2D eigenvalue weighted by molar-refractivity contribution is 5.96. The molecule has 2 aliphatic rings. The summed E-state index contributed by atoms with van der Waals surface area (Å²) in [5.41, 5.74) is 2.22. The van der Waals surface area contributed by atoms with E-state index in [1.165, 1.54) is 12.1 Å². The summed E-state index contributed by atoms with van der Waals surface area (Å²) < 4.78 is 18.6. The van der Waals surface area contributed by atoms with E-state index in [9.17, 15) is 14.0 Å². The average Bonchev–Trinajstić information content (AvgIpc) is 3.29. The van der Waals surface area contributed by atoms with E-state index in [0.717, 1.165) is 37.1 Å². The number of nitrogens with zero attached hydrogens (tertiary/aromatic N) is 2. The number of nitrogens with one attached hydrogen (secondary N) is 1. The summed E-state index contributed by atoms with van der Waals surface area (Å²) in [7, 11) is 0. The number of hydrogen-bond donors (Lipinski definition) is 1. The molecule has 7 heteroatoms. The van der Waals surface area contributed by atoms with Crippen molar-refractivity contribution in [2.75, 3.05) is 31.1 Å². The number of benzene rings is 2. The van der Waals surface area contributed by atoms with Gasteiger partial charge in [-0.3, -0.25) is 9.69 Å². The van der Waals surface area contributed by atoms with Crippen molar-refractivity contribution in [1.82, 2.24) is 10.2 Å². The molecule has 1 N–H and O–H groups in total. The van der Waals surface area contributed by atoms with Gasteiger partial charge in [0.05, 0.1) is 6.10 Å². The Kier molecular flexibility index (Phi) is 6.28. The van der Waals surface area contributed by atoms with Crippen molar-refractivity contribution in [3.05, 3.63) is 65.5 Å². The summed E-state index contributed by atoms with van der Waals surface area (Å²) in [5.74, 6) is -0.426. The Morgan fingerprint density at radius 2 is 1.83 bits per heavy atom. The van der Waals surface area contributed by atoms with Gasteiger partial charge in [-0.2, -0.15) is 0 Å². The molecule has 2 aromatic carbocycles. The van der Waals surface area contributed by atoms with Gasteiger partial charge >= 0.3 is 6.03 Å². The Labute approximate surface area is 175 Å². The molecule has 2 heterocycles. The molecule has 0 spiro atoms. The van der Waals surface area contributed by atoms with E-state index in [2.05, 4.69) is 5.32 Å². The third-order valence-electron chi connectivity index (χ3n) is 5.55. The second-order valence-electron chi connectivity index (χ2n) is 7.73. The van der Waals surface area contributed by atoms with Gasteiger partial charge in [-0.1, -0.05) is 12.1 Å². The van der Waals surface area contributed by atoms with Crippen molar-refractivity contribution in [2.24, 2.45) is 0 Å². The molecular formula is C23H26FN3O3. The lowest BCUT2D eigenvalue weighted by atomic mass is 10.1. The van der Waals surface area contributed by atoms with Crippen LogP contribution in [0.5, 0.6) is 0 Å². The Morgan fingerprint density at radius 1 is 1.07 bits per heavy atom. The van der Waals surface area contributed by atoms with E-state index < -0.39 is 0 Å². The summed E-state index contributed by atoms with van der Waals surface area (Å²) in [6, 6.07) is 13.2. The van der Waals surface area contributed by atoms with Gasteiger partial charge in [0.2, 0.25) is 0 Å². The van der Waals surface area contributed by atoms with Crippen LogP contribution in [0.2, 0.25) is 0 Å². The lowest BCUT2D eigenvalue weighted by Crippen LogP contribution is -2.49. The molecule has 0 unspecified atom stereocenters. The van der Waals surface area contributed by atoms with Gasteiger partial charge in [0, 0.05) is 44.0 Å². The number of carbonyl (C=O) groups excluding carboxylic acids is 2. The molecule has 0 aliphatic carbocycles. The van der Waals surface area contributed by atoms with Crippen LogP contribution in [0.4, 0.5) is 14.9 Å². The van der Waals surface area contributed by atoms with Crippen LogP contribution in [-0.4, -0.2) is 49.2 Å². The number of hydrogen-bond acceptors (Lipinski definition) is 3. The summed E-state index contributed by atoms with van der Waals surface area (Å²) in [4.78, 5) is 28.8. The molecule has 0 bridgehead atoms. The van der Waals surface area contributed by atoms with Crippen molar-refractivity contribution < 1.29 is 18.7 Å². The molecule has 1 atom stereocenters. The maximum absolute atomic E-state index is 13.1. The Morgan fingerprint density at radius 3 is 2.53 bits per heavy atom. The Balaban J connectivity index is 1.37. The number of rotatable bonds is 6. The van der Waals surface area contributed by atoms with Gasteiger partial charge in [0.15, 0.2) is 0 Å². The number of halogens is 1. The fraction of sp³-hybridized carbons (Fsp3) is 0.391. The van der Waals surface area contributed by atoms with Gasteiger partial charge in [-0.25, -0.2) is 9.18 Å². The fourth-order valence-electron chi connectivity index (χ4n) is 3.88. The van der Waals surface area contributed by atoms with Gasteiger partial charge < -0.3 is 15.0 Å². The SMILES string of the molecule is O=C(NC[C@@H]1CCCO1)c1ccc(N2CCCN(Cc3ccc(F)cc3)C2=O)cc1. The maximum Gasteiger partial charge on any atom is 0.324 e. The van der Waals surface area contributed by atoms with Crippen LogP contribution >= 0.6 is 0 Å². The largest absolute Gasteiger partial charge is 0.376 e. The van der Waals surface area contributed by atoms with Crippen LogP contribution in [0, 0.1) is 5.82 Å². The Hall–Kier alpha value is -2.93. The third-order valence-corrected chi connectivity index (χ3v) is 5.55. The van der Waals surface area contributed by atoms with E-state index in [4.69, 9.17) is 4.74 Å². The molecule has 0 saturated carbocycles. The first-order valence-corrected chi connectivity index (χ1v) is 10.4. The molecule has 3 amide bonds. The zero-order valence-electron chi connectivity index (χ0n) is 16.9. The van der Waals surface area contributed by atoms with E-state index >= 15 is 0 Å². The normalized spacial score (nSPS) is 19.2. The second-order valence-corrected chi connectivity index (χ2v) is 7.73. The maximum atomic E-state index is 13.1. The van der Waals surface area contributed by atoms with Gasteiger partial charge in [0.25, 0.3) is 5.91 Å². The standard InChI is InChI=1S/C23H26FN3O3/c24-19-8-4-17(5-9-19)16-26-12-2-13-27(23(26)29)20-10-6-18(7-11-20)22(28)25-15-21-3-1-14-30-21/h4-11,21H,1-3,12-16H2,(H,25,28)/t21-/m0/s1. The minimum absolute atomic E-state index is 0.0823. The van der Waals surface area contributed by atoms with E-state index in [1.807, 2.05) is 0 Å². The van der Waals surface area contributed by atoms with Crippen molar-refractivity contribution in [3.63, 3.8) is 0 Å². The predicted molar refractivity (Wildman–Crippen MR) is 112 cm³/mol. The molecule has 2 aromatic rings. The van der Waals surface area contributed by atoms with E-state index in [1.54, 1.807) is 46.2 Å². The van der Waals surface area contributed by atoms with E-state index in [-0.39, 0.29) is 23.9 Å². The van der Waals surface area contributed by atoms with Crippen LogP contribution in [0.15, 0.2) is 48.5 Å². The molecule has 4 rings (SSSR count). The number of carbonyl (C=O) groups is 2. The van der Waals surface area contributed by atoms with Crippen molar-refractivity contribution >= 4 is 17.6 Å². The number of amides is 3. The van der Waals surface area contributed by atoms with Gasteiger partial charge in [0.1, 0.15) is 5.82 Å². The number of ether oxygens (including phenoxy) is 1. The minimum atomic E-state index is -0.287. The highest BCUT2D eigenvalue weighted by Gasteiger charge is 2.27. The van der Waals surface area contributed by atoms with E-state index in [0.29, 0.717) is 31.7 Å². The molecule has 0 aromatic heterocycles. The summed E-state index contributed by atoms with van der Waals surface area (Å²) in [6.45, 7) is 3.01. The molecule has 158 valence electrons. The zero-order chi connectivity index (χ0) is 20.9. The second kappa shape index (κ2) is 9.26. The predicted octanol–water partition coefficient (Wildman–Crippen LogP) is 3.57. The molecule has 2 fully saturated rings.